The predicted molar refractivity (Wildman–Crippen MR) is 71.3 cm³/mol. The fourth-order valence-electron chi connectivity index (χ4n) is 2.14. The molecular weight excluding hydrogens is 300 g/mol. The summed E-state index contributed by atoms with van der Waals surface area (Å²) in [6, 6.07) is 0.991. The Hall–Kier alpha value is -1.87. The quantitative estimate of drug-likeness (QED) is 0.854. The molecule has 1 aromatic rings. The molecule has 2 heterocycles. The van der Waals surface area contributed by atoms with Crippen molar-refractivity contribution >= 4 is 21.9 Å². The number of hydrogen-bond acceptors (Lipinski definition) is 5. The molecule has 0 aromatic carbocycles. The Morgan fingerprint density at radius 1 is 1.24 bits per heavy atom. The molecule has 1 amide bonds. The molecule has 0 unspecified atom stereocenters. The van der Waals surface area contributed by atoms with E-state index in [-0.39, 0.29) is 24.6 Å². The van der Waals surface area contributed by atoms with Gasteiger partial charge in [0.25, 0.3) is 10.0 Å². The summed E-state index contributed by atoms with van der Waals surface area (Å²) in [6.07, 6.45) is 1.42. The number of nitrogens with zero attached hydrogens (tertiary/aromatic N) is 2. The number of amides is 1. The second-order valence-corrected chi connectivity index (χ2v) is 6.59. The maximum atomic E-state index is 12.4. The van der Waals surface area contributed by atoms with Crippen LogP contribution in [0.15, 0.2) is 21.8 Å². The highest BCUT2D eigenvalue weighted by Gasteiger charge is 2.30. The summed E-state index contributed by atoms with van der Waals surface area (Å²) in [7, 11) is -3.88. The van der Waals surface area contributed by atoms with Crippen LogP contribution >= 0.6 is 0 Å². The Labute approximate surface area is 122 Å². The van der Waals surface area contributed by atoms with Gasteiger partial charge in [-0.15, -0.1) is 0 Å². The predicted octanol–water partition coefficient (Wildman–Crippen LogP) is 0.221. The van der Waals surface area contributed by atoms with Crippen LogP contribution in [0.4, 0.5) is 0 Å². The molecule has 1 saturated heterocycles. The molecule has 21 heavy (non-hydrogen) atoms. The maximum absolute atomic E-state index is 12.4. The number of carboxylic acids is 1. The number of carbonyl (C=O) groups excluding carboxylic acids is 1. The van der Waals surface area contributed by atoms with Gasteiger partial charge in [-0.25, -0.2) is 13.2 Å². The third-order valence-electron chi connectivity index (χ3n) is 3.32. The fourth-order valence-corrected chi connectivity index (χ4v) is 3.53. The Bertz CT molecular complexity index is 650. The second kappa shape index (κ2) is 5.86. The highest BCUT2D eigenvalue weighted by atomic mass is 32.2. The van der Waals surface area contributed by atoms with E-state index in [2.05, 4.69) is 0 Å². The minimum atomic E-state index is -3.88. The van der Waals surface area contributed by atoms with Crippen LogP contribution in [0, 0.1) is 0 Å². The number of carbonyl (C=O) groups is 2. The van der Waals surface area contributed by atoms with Crippen LogP contribution in [0.1, 0.15) is 23.7 Å². The highest BCUT2D eigenvalue weighted by Crippen LogP contribution is 2.20. The molecule has 116 valence electrons. The lowest BCUT2D eigenvalue weighted by atomic mass is 10.4. The van der Waals surface area contributed by atoms with Gasteiger partial charge in [0.15, 0.2) is 0 Å². The number of carboxylic acid groups (broad SMARTS) is 1. The van der Waals surface area contributed by atoms with Crippen molar-refractivity contribution in [2.24, 2.45) is 0 Å². The first-order chi connectivity index (χ1) is 9.82. The topological polar surface area (TPSA) is 108 Å². The third-order valence-corrected chi connectivity index (χ3v) is 5.08. The SMILES string of the molecule is CC(=O)N1CCCN(S(=O)(=O)c2cc(C(=O)O)co2)CC1. The molecule has 9 heteroatoms. The summed E-state index contributed by atoms with van der Waals surface area (Å²) < 4.78 is 30.9. The average molecular weight is 316 g/mol. The molecule has 1 aliphatic heterocycles. The minimum Gasteiger partial charge on any atom is -0.478 e. The minimum absolute atomic E-state index is 0.0968. The molecule has 0 radical (unpaired) electrons. The van der Waals surface area contributed by atoms with Gasteiger partial charge in [-0.2, -0.15) is 4.31 Å². The van der Waals surface area contributed by atoms with E-state index in [0.717, 1.165) is 12.3 Å². The smallest absolute Gasteiger partial charge is 0.339 e. The van der Waals surface area contributed by atoms with E-state index >= 15 is 0 Å². The van der Waals surface area contributed by atoms with E-state index < -0.39 is 21.1 Å². The van der Waals surface area contributed by atoms with E-state index in [9.17, 15) is 18.0 Å². The Balaban J connectivity index is 2.19. The zero-order valence-electron chi connectivity index (χ0n) is 11.5. The first kappa shape index (κ1) is 15.5. The van der Waals surface area contributed by atoms with E-state index in [4.69, 9.17) is 9.52 Å². The van der Waals surface area contributed by atoms with Crippen LogP contribution in [-0.2, 0) is 14.8 Å². The summed E-state index contributed by atoms with van der Waals surface area (Å²) in [5, 5.41) is 8.41. The Morgan fingerprint density at radius 2 is 1.95 bits per heavy atom. The Kier molecular flexibility index (Phi) is 4.33. The third kappa shape index (κ3) is 3.24. The molecule has 0 saturated carbocycles. The molecule has 2 rings (SSSR count). The summed E-state index contributed by atoms with van der Waals surface area (Å²) in [5.41, 5.74) is -0.214. The lowest BCUT2D eigenvalue weighted by Gasteiger charge is -2.19. The monoisotopic (exact) mass is 316 g/mol. The largest absolute Gasteiger partial charge is 0.478 e. The van der Waals surface area contributed by atoms with E-state index in [1.165, 1.54) is 11.2 Å². The van der Waals surface area contributed by atoms with Crippen LogP contribution in [0.2, 0.25) is 0 Å². The van der Waals surface area contributed by atoms with Crippen molar-refractivity contribution in [2.45, 2.75) is 18.4 Å². The van der Waals surface area contributed by atoms with Gasteiger partial charge in [-0.05, 0) is 6.42 Å². The van der Waals surface area contributed by atoms with Gasteiger partial charge in [0.1, 0.15) is 6.26 Å². The first-order valence-corrected chi connectivity index (χ1v) is 7.84. The average Bonchev–Trinajstić information content (AvgIpc) is 2.77. The fraction of sp³-hybridized carbons (Fsp3) is 0.500. The van der Waals surface area contributed by atoms with Gasteiger partial charge in [-0.3, -0.25) is 4.79 Å². The van der Waals surface area contributed by atoms with E-state index in [1.807, 2.05) is 0 Å². The number of aromatic carboxylic acids is 1. The van der Waals surface area contributed by atoms with Crippen LogP contribution in [0.25, 0.3) is 0 Å². The zero-order chi connectivity index (χ0) is 15.6. The number of rotatable bonds is 3. The van der Waals surface area contributed by atoms with Crippen molar-refractivity contribution in [3.8, 4) is 0 Å². The molecule has 0 bridgehead atoms. The van der Waals surface area contributed by atoms with Crippen LogP contribution < -0.4 is 0 Å². The second-order valence-electron chi connectivity index (χ2n) is 4.72. The van der Waals surface area contributed by atoms with Crippen LogP contribution in [0.3, 0.4) is 0 Å². The van der Waals surface area contributed by atoms with Crippen molar-refractivity contribution < 1.29 is 27.5 Å². The van der Waals surface area contributed by atoms with Crippen LogP contribution in [0.5, 0.6) is 0 Å². The first-order valence-electron chi connectivity index (χ1n) is 6.40. The van der Waals surface area contributed by atoms with Gasteiger partial charge in [0, 0.05) is 39.2 Å². The lowest BCUT2D eigenvalue weighted by Crippen LogP contribution is -2.36. The number of furan rings is 1. The van der Waals surface area contributed by atoms with Gasteiger partial charge < -0.3 is 14.4 Å². The van der Waals surface area contributed by atoms with Gasteiger partial charge >= 0.3 is 5.97 Å². The maximum Gasteiger partial charge on any atom is 0.339 e. The van der Waals surface area contributed by atoms with E-state index in [1.54, 1.807) is 4.90 Å². The van der Waals surface area contributed by atoms with Crippen LogP contribution in [-0.4, -0.2) is 60.8 Å². The Morgan fingerprint density at radius 3 is 2.52 bits per heavy atom. The van der Waals surface area contributed by atoms with Crippen molar-refractivity contribution in [1.82, 2.24) is 9.21 Å². The molecule has 1 N–H and O–H groups in total. The highest BCUT2D eigenvalue weighted by molar-refractivity contribution is 7.89. The lowest BCUT2D eigenvalue weighted by molar-refractivity contribution is -0.128. The summed E-state index contributed by atoms with van der Waals surface area (Å²) in [5.74, 6) is -1.35. The zero-order valence-corrected chi connectivity index (χ0v) is 12.3. The number of hydrogen-bond donors (Lipinski definition) is 1. The molecule has 1 fully saturated rings. The number of sulfonamides is 1. The molecule has 1 aliphatic rings. The van der Waals surface area contributed by atoms with Gasteiger partial charge in [0.2, 0.25) is 11.0 Å². The van der Waals surface area contributed by atoms with Crippen molar-refractivity contribution in [2.75, 3.05) is 26.2 Å². The van der Waals surface area contributed by atoms with Crippen molar-refractivity contribution in [3.63, 3.8) is 0 Å². The standard InChI is InChI=1S/C12H16N2O6S/c1-9(15)13-3-2-4-14(6-5-13)21(18,19)11-7-10(8-20-11)12(16)17/h7-8H,2-6H2,1H3,(H,16,17). The van der Waals surface area contributed by atoms with Crippen molar-refractivity contribution in [3.05, 3.63) is 17.9 Å². The summed E-state index contributed by atoms with van der Waals surface area (Å²) >= 11 is 0. The molecule has 0 aliphatic carbocycles. The molecule has 0 atom stereocenters. The summed E-state index contributed by atoms with van der Waals surface area (Å²) in [6.45, 7) is 2.66. The van der Waals surface area contributed by atoms with Crippen molar-refractivity contribution in [1.29, 1.82) is 0 Å². The summed E-state index contributed by atoms with van der Waals surface area (Å²) in [4.78, 5) is 23.7. The van der Waals surface area contributed by atoms with Gasteiger partial charge in [-0.1, -0.05) is 0 Å². The molecular formula is C12H16N2O6S. The molecule has 0 spiro atoms. The normalized spacial score (nSPS) is 17.5. The van der Waals surface area contributed by atoms with Gasteiger partial charge in [0.05, 0.1) is 5.56 Å². The van der Waals surface area contributed by atoms with E-state index in [0.29, 0.717) is 19.5 Å². The molecule has 8 nitrogen and oxygen atoms in total. The molecule has 1 aromatic heterocycles.